The van der Waals surface area contributed by atoms with Gasteiger partial charge in [-0.2, -0.15) is 13.2 Å². The summed E-state index contributed by atoms with van der Waals surface area (Å²) in [7, 11) is 0. The second-order valence-electron chi connectivity index (χ2n) is 1.85. The topological polar surface area (TPSA) is 46.3 Å². The van der Waals surface area contributed by atoms with Gasteiger partial charge in [-0.25, -0.2) is 4.98 Å². The average molecular weight is 167 g/mol. The van der Waals surface area contributed by atoms with Crippen LogP contribution in [0.15, 0.2) is 17.0 Å². The number of aromatic nitrogens is 1. The number of oxazole rings is 1. The van der Waals surface area contributed by atoms with Crippen molar-refractivity contribution < 1.29 is 22.7 Å². The molecule has 1 aromatic heterocycles. The Kier molecular flexibility index (Phi) is 1.86. The molecule has 11 heavy (non-hydrogen) atoms. The molecular formula is C5H4F3NO2. The molecule has 0 aliphatic rings. The quantitative estimate of drug-likeness (QED) is 0.685. The van der Waals surface area contributed by atoms with Gasteiger partial charge in [-0.05, 0) is 0 Å². The monoisotopic (exact) mass is 167 g/mol. The molecule has 1 atom stereocenters. The maximum absolute atomic E-state index is 11.7. The normalized spacial score (nSPS) is 14.9. The summed E-state index contributed by atoms with van der Waals surface area (Å²) in [6, 6.07) is 0. The fraction of sp³-hybridized carbons (Fsp3) is 0.400. The van der Waals surface area contributed by atoms with E-state index in [0.29, 0.717) is 0 Å². The second kappa shape index (κ2) is 2.54. The molecule has 1 rings (SSSR count). The largest absolute Gasteiger partial charge is 0.445 e. The van der Waals surface area contributed by atoms with Crippen LogP contribution in [0.3, 0.4) is 0 Å². The summed E-state index contributed by atoms with van der Waals surface area (Å²) in [6.45, 7) is 0. The van der Waals surface area contributed by atoms with Gasteiger partial charge in [0.1, 0.15) is 0 Å². The van der Waals surface area contributed by atoms with Crippen LogP contribution in [0, 0.1) is 0 Å². The van der Waals surface area contributed by atoms with Crippen LogP contribution in [-0.4, -0.2) is 16.3 Å². The molecule has 0 radical (unpaired) electrons. The van der Waals surface area contributed by atoms with Crippen LogP contribution >= 0.6 is 0 Å². The number of nitrogens with zero attached hydrogens (tertiary/aromatic N) is 1. The van der Waals surface area contributed by atoms with Gasteiger partial charge in [0.15, 0.2) is 12.2 Å². The summed E-state index contributed by atoms with van der Waals surface area (Å²) < 4.78 is 39.3. The molecule has 1 heterocycles. The van der Waals surface area contributed by atoms with Crippen molar-refractivity contribution in [3.8, 4) is 0 Å². The van der Waals surface area contributed by atoms with Crippen LogP contribution in [0.5, 0.6) is 0 Å². The number of alkyl halides is 3. The number of aliphatic hydroxyl groups is 1. The van der Waals surface area contributed by atoms with Gasteiger partial charge in [0.25, 0.3) is 0 Å². The van der Waals surface area contributed by atoms with Crippen LogP contribution in [0.2, 0.25) is 0 Å². The van der Waals surface area contributed by atoms with Crippen molar-refractivity contribution in [3.05, 3.63) is 18.4 Å². The van der Waals surface area contributed by atoms with Gasteiger partial charge in [0, 0.05) is 0 Å². The molecule has 0 saturated carbocycles. The highest BCUT2D eigenvalue weighted by molar-refractivity contribution is 4.96. The number of halogens is 3. The molecule has 0 aliphatic carbocycles. The zero-order chi connectivity index (χ0) is 8.48. The predicted octanol–water partition coefficient (Wildman–Crippen LogP) is 1.27. The van der Waals surface area contributed by atoms with E-state index in [4.69, 9.17) is 5.11 Å². The van der Waals surface area contributed by atoms with E-state index >= 15 is 0 Å². The molecule has 1 aromatic rings. The standard InChI is InChI=1S/C5H4F3NO2/c6-5(7,8)4(10)3-1-9-2-11-3/h1-2,4,10H/t4-/m1/s1. The Morgan fingerprint density at radius 3 is 2.55 bits per heavy atom. The molecule has 3 nitrogen and oxygen atoms in total. The van der Waals surface area contributed by atoms with Gasteiger partial charge in [0.05, 0.1) is 6.20 Å². The Morgan fingerprint density at radius 2 is 2.18 bits per heavy atom. The Bertz CT molecular complexity index is 218. The van der Waals surface area contributed by atoms with Crippen molar-refractivity contribution in [1.82, 2.24) is 4.98 Å². The molecule has 0 aliphatic heterocycles. The Hall–Kier alpha value is -1.04. The van der Waals surface area contributed by atoms with Crippen molar-refractivity contribution in [2.75, 3.05) is 0 Å². The molecule has 0 saturated heterocycles. The van der Waals surface area contributed by atoms with E-state index in [9.17, 15) is 13.2 Å². The van der Waals surface area contributed by atoms with Gasteiger partial charge in [-0.1, -0.05) is 0 Å². The first kappa shape index (κ1) is 8.06. The van der Waals surface area contributed by atoms with Crippen molar-refractivity contribution >= 4 is 0 Å². The van der Waals surface area contributed by atoms with Gasteiger partial charge < -0.3 is 9.52 Å². The lowest BCUT2D eigenvalue weighted by Crippen LogP contribution is -2.19. The van der Waals surface area contributed by atoms with Crippen LogP contribution in [0.25, 0.3) is 0 Å². The highest BCUT2D eigenvalue weighted by Gasteiger charge is 2.41. The zero-order valence-corrected chi connectivity index (χ0v) is 5.17. The summed E-state index contributed by atoms with van der Waals surface area (Å²) in [6.07, 6.45) is -5.63. The van der Waals surface area contributed by atoms with E-state index in [-0.39, 0.29) is 0 Å². The third-order valence-electron chi connectivity index (χ3n) is 1.03. The fourth-order valence-electron chi connectivity index (χ4n) is 0.522. The lowest BCUT2D eigenvalue weighted by Gasteiger charge is -2.10. The lowest BCUT2D eigenvalue weighted by molar-refractivity contribution is -0.211. The number of rotatable bonds is 1. The summed E-state index contributed by atoms with van der Waals surface area (Å²) in [5, 5.41) is 8.49. The maximum Gasteiger partial charge on any atom is 0.421 e. The number of hydrogen-bond donors (Lipinski definition) is 1. The lowest BCUT2D eigenvalue weighted by atomic mass is 10.3. The van der Waals surface area contributed by atoms with E-state index in [1.54, 1.807) is 0 Å². The predicted molar refractivity (Wildman–Crippen MR) is 27.5 cm³/mol. The van der Waals surface area contributed by atoms with E-state index in [1.807, 2.05) is 0 Å². The molecule has 0 unspecified atom stereocenters. The summed E-state index contributed by atoms with van der Waals surface area (Å²) in [4.78, 5) is 3.23. The van der Waals surface area contributed by atoms with Crippen LogP contribution in [0.1, 0.15) is 11.9 Å². The molecule has 6 heteroatoms. The zero-order valence-electron chi connectivity index (χ0n) is 5.17. The Morgan fingerprint density at radius 1 is 1.55 bits per heavy atom. The van der Waals surface area contributed by atoms with Crippen molar-refractivity contribution in [2.45, 2.75) is 12.3 Å². The minimum absolute atomic E-state index is 0.600. The van der Waals surface area contributed by atoms with Gasteiger partial charge in [0.2, 0.25) is 6.10 Å². The summed E-state index contributed by atoms with van der Waals surface area (Å²) >= 11 is 0. The third kappa shape index (κ3) is 1.70. The smallest absolute Gasteiger partial charge is 0.421 e. The van der Waals surface area contributed by atoms with Gasteiger partial charge in [-0.3, -0.25) is 0 Å². The van der Waals surface area contributed by atoms with E-state index < -0.39 is 18.0 Å². The number of hydrogen-bond acceptors (Lipinski definition) is 3. The first-order chi connectivity index (χ1) is 5.02. The molecule has 0 fully saturated rings. The van der Waals surface area contributed by atoms with Gasteiger partial charge in [-0.15, -0.1) is 0 Å². The van der Waals surface area contributed by atoms with E-state index in [0.717, 1.165) is 12.6 Å². The minimum Gasteiger partial charge on any atom is -0.445 e. The third-order valence-corrected chi connectivity index (χ3v) is 1.03. The minimum atomic E-state index is -4.69. The molecular weight excluding hydrogens is 163 g/mol. The molecule has 0 bridgehead atoms. The van der Waals surface area contributed by atoms with E-state index in [2.05, 4.69) is 9.40 Å². The average Bonchev–Trinajstić information content (AvgIpc) is 2.34. The van der Waals surface area contributed by atoms with Gasteiger partial charge >= 0.3 is 6.18 Å². The highest BCUT2D eigenvalue weighted by atomic mass is 19.4. The highest BCUT2D eigenvalue weighted by Crippen LogP contribution is 2.31. The second-order valence-corrected chi connectivity index (χ2v) is 1.85. The molecule has 0 spiro atoms. The van der Waals surface area contributed by atoms with Crippen molar-refractivity contribution in [2.24, 2.45) is 0 Å². The molecule has 1 N–H and O–H groups in total. The number of aliphatic hydroxyl groups excluding tert-OH is 1. The molecule has 0 amide bonds. The first-order valence-corrected chi connectivity index (χ1v) is 2.65. The SMILES string of the molecule is O[C@H](c1cnco1)C(F)(F)F. The van der Waals surface area contributed by atoms with Crippen LogP contribution < -0.4 is 0 Å². The first-order valence-electron chi connectivity index (χ1n) is 2.65. The Balaban J connectivity index is 2.78. The van der Waals surface area contributed by atoms with E-state index in [1.165, 1.54) is 0 Å². The maximum atomic E-state index is 11.7. The van der Waals surface area contributed by atoms with Crippen LogP contribution in [0.4, 0.5) is 13.2 Å². The van der Waals surface area contributed by atoms with Crippen LogP contribution in [-0.2, 0) is 0 Å². The molecule has 0 aromatic carbocycles. The molecule has 62 valence electrons. The van der Waals surface area contributed by atoms with Crippen molar-refractivity contribution in [1.29, 1.82) is 0 Å². The fourth-order valence-corrected chi connectivity index (χ4v) is 0.522. The van der Waals surface area contributed by atoms with Crippen molar-refractivity contribution in [3.63, 3.8) is 0 Å². The summed E-state index contributed by atoms with van der Waals surface area (Å²) in [5.41, 5.74) is 0. The summed E-state index contributed by atoms with van der Waals surface area (Å²) in [5.74, 6) is -0.600. The Labute approximate surface area is 59.5 Å².